The monoisotopic (exact) mass is 341 g/mol. The first-order valence-corrected chi connectivity index (χ1v) is 8.23. The number of anilines is 1. The second-order valence-corrected chi connectivity index (χ2v) is 6.43. The first-order valence-electron chi connectivity index (χ1n) is 8.23. The molecule has 4 nitrogen and oxygen atoms in total. The summed E-state index contributed by atoms with van der Waals surface area (Å²) in [5.41, 5.74) is 3.00. The molecule has 3 rings (SSSR count). The largest absolute Gasteiger partial charge is 0.458 e. The van der Waals surface area contributed by atoms with E-state index in [1.165, 1.54) is 31.2 Å². The molecule has 2 aromatic carbocycles. The number of carbonyl (C=O) groups is 2. The minimum Gasteiger partial charge on any atom is -0.458 e. The topological polar surface area (TPSA) is 46.6 Å². The van der Waals surface area contributed by atoms with E-state index in [4.69, 9.17) is 4.74 Å². The van der Waals surface area contributed by atoms with Gasteiger partial charge in [-0.25, -0.2) is 4.39 Å². The van der Waals surface area contributed by atoms with Crippen LogP contribution in [0.25, 0.3) is 0 Å². The van der Waals surface area contributed by atoms with Gasteiger partial charge in [-0.2, -0.15) is 0 Å². The summed E-state index contributed by atoms with van der Waals surface area (Å²) in [5, 5.41) is 0. The van der Waals surface area contributed by atoms with Crippen molar-refractivity contribution in [2.45, 2.75) is 39.3 Å². The normalized spacial score (nSPS) is 19.3. The molecule has 1 aliphatic rings. The van der Waals surface area contributed by atoms with Crippen molar-refractivity contribution in [3.63, 3.8) is 0 Å². The Hall–Kier alpha value is -2.69. The van der Waals surface area contributed by atoms with Crippen molar-refractivity contribution >= 4 is 17.6 Å². The number of esters is 1. The lowest BCUT2D eigenvalue weighted by molar-refractivity contribution is -0.147. The van der Waals surface area contributed by atoms with Gasteiger partial charge in [0.2, 0.25) is 0 Å². The van der Waals surface area contributed by atoms with Gasteiger partial charge in [0.05, 0.1) is 5.69 Å². The van der Waals surface area contributed by atoms with Gasteiger partial charge in [0.25, 0.3) is 5.91 Å². The number of halogens is 1. The molecule has 25 heavy (non-hydrogen) atoms. The Morgan fingerprint density at radius 1 is 1.16 bits per heavy atom. The fraction of sp³-hybridized carbons (Fsp3) is 0.300. The Morgan fingerprint density at radius 3 is 2.48 bits per heavy atom. The maximum atomic E-state index is 13.2. The summed E-state index contributed by atoms with van der Waals surface area (Å²) < 4.78 is 18.6. The van der Waals surface area contributed by atoms with E-state index in [1.807, 2.05) is 32.0 Å². The van der Waals surface area contributed by atoms with E-state index in [0.717, 1.165) is 16.8 Å². The van der Waals surface area contributed by atoms with Crippen molar-refractivity contribution in [2.24, 2.45) is 0 Å². The molecule has 0 aliphatic carbocycles. The van der Waals surface area contributed by atoms with Crippen LogP contribution in [0.15, 0.2) is 42.5 Å². The molecule has 1 aliphatic heterocycles. The van der Waals surface area contributed by atoms with Gasteiger partial charge in [-0.3, -0.25) is 9.59 Å². The number of amides is 1. The summed E-state index contributed by atoms with van der Waals surface area (Å²) in [6.07, 6.45) is 0.142. The molecule has 0 N–H and O–H groups in total. The highest BCUT2D eigenvalue weighted by atomic mass is 19.1. The van der Waals surface area contributed by atoms with Crippen LogP contribution in [0.4, 0.5) is 10.1 Å². The fourth-order valence-electron chi connectivity index (χ4n) is 3.28. The molecule has 0 aromatic heterocycles. The van der Waals surface area contributed by atoms with Gasteiger partial charge >= 0.3 is 5.97 Å². The van der Waals surface area contributed by atoms with Gasteiger partial charge < -0.3 is 9.64 Å². The van der Waals surface area contributed by atoms with Crippen LogP contribution in [-0.4, -0.2) is 17.9 Å². The standard InChI is InChI=1S/C20H20FNO3/c1-12-4-9-18-17(10-12)19(25-14(3)23)11-13(2)22(18)20(24)15-5-7-16(21)8-6-15/h4-10,13,19H,11H2,1-3H3. The van der Waals surface area contributed by atoms with Crippen LogP contribution in [0.5, 0.6) is 0 Å². The van der Waals surface area contributed by atoms with E-state index in [0.29, 0.717) is 12.0 Å². The molecule has 0 radical (unpaired) electrons. The SMILES string of the molecule is CC(=O)OC1CC(C)N(C(=O)c2ccc(F)cc2)c2ccc(C)cc21. The number of ether oxygens (including phenoxy) is 1. The van der Waals surface area contributed by atoms with Gasteiger partial charge in [0, 0.05) is 30.5 Å². The van der Waals surface area contributed by atoms with Gasteiger partial charge in [-0.1, -0.05) is 17.7 Å². The van der Waals surface area contributed by atoms with Crippen LogP contribution in [0.3, 0.4) is 0 Å². The van der Waals surface area contributed by atoms with Gasteiger partial charge in [-0.15, -0.1) is 0 Å². The third kappa shape index (κ3) is 3.40. The molecular formula is C20H20FNO3. The fourth-order valence-corrected chi connectivity index (χ4v) is 3.28. The Bertz CT molecular complexity index is 816. The summed E-state index contributed by atoms with van der Waals surface area (Å²) in [4.78, 5) is 26.1. The predicted octanol–water partition coefficient (Wildman–Crippen LogP) is 4.18. The highest BCUT2D eigenvalue weighted by Gasteiger charge is 2.35. The maximum absolute atomic E-state index is 13.2. The summed E-state index contributed by atoms with van der Waals surface area (Å²) in [5.74, 6) is -0.920. The van der Waals surface area contributed by atoms with Crippen LogP contribution < -0.4 is 4.90 Å². The zero-order valence-electron chi connectivity index (χ0n) is 14.5. The van der Waals surface area contributed by atoms with Crippen LogP contribution >= 0.6 is 0 Å². The van der Waals surface area contributed by atoms with Gasteiger partial charge in [0.1, 0.15) is 11.9 Å². The molecule has 1 heterocycles. The number of hydrogen-bond donors (Lipinski definition) is 0. The van der Waals surface area contributed by atoms with Gasteiger partial charge in [-0.05, 0) is 44.2 Å². The van der Waals surface area contributed by atoms with Crippen molar-refractivity contribution in [3.8, 4) is 0 Å². The number of hydrogen-bond acceptors (Lipinski definition) is 3. The van der Waals surface area contributed by atoms with Crippen LogP contribution in [0, 0.1) is 12.7 Å². The second kappa shape index (κ2) is 6.67. The summed E-state index contributed by atoms with van der Waals surface area (Å²) in [6.45, 7) is 5.26. The molecule has 2 aromatic rings. The summed E-state index contributed by atoms with van der Waals surface area (Å²) >= 11 is 0. The number of nitrogens with zero attached hydrogens (tertiary/aromatic N) is 1. The van der Waals surface area contributed by atoms with E-state index in [9.17, 15) is 14.0 Å². The molecule has 2 atom stereocenters. The quantitative estimate of drug-likeness (QED) is 0.770. The predicted molar refractivity (Wildman–Crippen MR) is 93.0 cm³/mol. The number of benzene rings is 2. The minimum atomic E-state index is -0.380. The van der Waals surface area contributed by atoms with E-state index < -0.39 is 0 Å². The third-order valence-corrected chi connectivity index (χ3v) is 4.40. The summed E-state index contributed by atoms with van der Waals surface area (Å²) in [6, 6.07) is 11.1. The summed E-state index contributed by atoms with van der Waals surface area (Å²) in [7, 11) is 0. The molecule has 0 bridgehead atoms. The van der Waals surface area contributed by atoms with Crippen molar-refractivity contribution in [1.82, 2.24) is 0 Å². The van der Waals surface area contributed by atoms with E-state index in [-0.39, 0.29) is 29.8 Å². The average Bonchev–Trinajstić information content (AvgIpc) is 2.55. The number of carbonyl (C=O) groups excluding carboxylic acids is 2. The van der Waals surface area contributed by atoms with Crippen molar-refractivity contribution in [2.75, 3.05) is 4.90 Å². The zero-order valence-corrected chi connectivity index (χ0v) is 14.5. The van der Waals surface area contributed by atoms with Crippen LogP contribution in [-0.2, 0) is 9.53 Å². The number of aryl methyl sites for hydroxylation is 1. The van der Waals surface area contributed by atoms with Crippen LogP contribution in [0.2, 0.25) is 0 Å². The lowest BCUT2D eigenvalue weighted by Gasteiger charge is -2.39. The molecule has 0 fully saturated rings. The molecule has 0 saturated heterocycles. The van der Waals surface area contributed by atoms with E-state index in [2.05, 4.69) is 0 Å². The van der Waals surface area contributed by atoms with Crippen molar-refractivity contribution in [3.05, 3.63) is 65.0 Å². The molecule has 0 saturated carbocycles. The third-order valence-electron chi connectivity index (χ3n) is 4.40. The first kappa shape index (κ1) is 17.1. The molecule has 5 heteroatoms. The van der Waals surface area contributed by atoms with E-state index in [1.54, 1.807) is 4.90 Å². The maximum Gasteiger partial charge on any atom is 0.303 e. The Morgan fingerprint density at radius 2 is 1.84 bits per heavy atom. The van der Waals surface area contributed by atoms with E-state index >= 15 is 0 Å². The molecule has 2 unspecified atom stereocenters. The first-order chi connectivity index (χ1) is 11.9. The Kier molecular flexibility index (Phi) is 4.57. The Labute approximate surface area is 146 Å². The minimum absolute atomic E-state index is 0.155. The lowest BCUT2D eigenvalue weighted by Crippen LogP contribution is -2.43. The highest BCUT2D eigenvalue weighted by Crippen LogP contribution is 2.40. The lowest BCUT2D eigenvalue weighted by atomic mass is 9.91. The zero-order chi connectivity index (χ0) is 18.1. The molecular weight excluding hydrogens is 321 g/mol. The smallest absolute Gasteiger partial charge is 0.303 e. The van der Waals surface area contributed by atoms with Crippen LogP contribution in [0.1, 0.15) is 47.9 Å². The second-order valence-electron chi connectivity index (χ2n) is 6.43. The average molecular weight is 341 g/mol. The highest BCUT2D eigenvalue weighted by molar-refractivity contribution is 6.07. The number of rotatable bonds is 2. The molecule has 130 valence electrons. The van der Waals surface area contributed by atoms with Gasteiger partial charge in [0.15, 0.2) is 0 Å². The number of fused-ring (bicyclic) bond motifs is 1. The molecule has 1 amide bonds. The van der Waals surface area contributed by atoms with Crippen molar-refractivity contribution in [1.29, 1.82) is 0 Å². The molecule has 0 spiro atoms. The van der Waals surface area contributed by atoms with Crippen molar-refractivity contribution < 1.29 is 18.7 Å². The Balaban J connectivity index is 2.03.